The molecule has 0 saturated carbocycles. The van der Waals surface area contributed by atoms with Gasteiger partial charge in [-0.1, -0.05) is 12.1 Å². The van der Waals surface area contributed by atoms with Crippen LogP contribution in [0.2, 0.25) is 0 Å². The van der Waals surface area contributed by atoms with Crippen LogP contribution >= 0.6 is 0 Å². The summed E-state index contributed by atoms with van der Waals surface area (Å²) < 4.78 is 7.17. The molecule has 7 nitrogen and oxygen atoms in total. The van der Waals surface area contributed by atoms with Crippen molar-refractivity contribution in [3.05, 3.63) is 30.0 Å². The van der Waals surface area contributed by atoms with E-state index in [9.17, 15) is 4.79 Å². The van der Waals surface area contributed by atoms with Gasteiger partial charge in [-0.2, -0.15) is 0 Å². The van der Waals surface area contributed by atoms with Crippen LogP contribution in [-0.2, 0) is 11.3 Å². The smallest absolute Gasteiger partial charge is 0.242 e. The molecule has 0 spiro atoms. The highest BCUT2D eigenvalue weighted by Gasteiger charge is 2.24. The van der Waals surface area contributed by atoms with E-state index in [0.29, 0.717) is 23.9 Å². The van der Waals surface area contributed by atoms with E-state index in [-0.39, 0.29) is 11.9 Å². The van der Waals surface area contributed by atoms with Crippen molar-refractivity contribution in [2.75, 3.05) is 11.9 Å². The Bertz CT molecular complexity index is 663. The molecule has 0 unspecified atom stereocenters. The van der Waals surface area contributed by atoms with Crippen molar-refractivity contribution in [3.8, 4) is 0 Å². The number of fused-ring (bicyclic) bond motifs is 1. The van der Waals surface area contributed by atoms with Crippen LogP contribution < -0.4 is 10.6 Å². The number of hydrogen-bond donors (Lipinski definition) is 2. The summed E-state index contributed by atoms with van der Waals surface area (Å²) >= 11 is 0. The molecule has 0 aliphatic carbocycles. The molecule has 2 atom stereocenters. The standard InChI is InChI=1S/C16H23N5O2/c1-3-13(16(22)19-14-9-11(2)23-20-14)18-10-12-5-4-7-21-8-6-17-15(12)21/h6,8-9,12-13,18H,3-5,7,10H2,1-2H3,(H,19,20,22)/t12-,13+/m1/s1. The molecule has 23 heavy (non-hydrogen) atoms. The van der Waals surface area contributed by atoms with Crippen LogP contribution in [0.1, 0.15) is 43.7 Å². The van der Waals surface area contributed by atoms with Crippen molar-refractivity contribution in [1.82, 2.24) is 20.0 Å². The number of aromatic nitrogens is 3. The maximum atomic E-state index is 12.3. The van der Waals surface area contributed by atoms with Crippen molar-refractivity contribution in [3.63, 3.8) is 0 Å². The molecule has 7 heteroatoms. The zero-order valence-corrected chi connectivity index (χ0v) is 13.6. The molecule has 1 aliphatic heterocycles. The van der Waals surface area contributed by atoms with E-state index in [4.69, 9.17) is 4.52 Å². The lowest BCUT2D eigenvalue weighted by molar-refractivity contribution is -0.118. The summed E-state index contributed by atoms with van der Waals surface area (Å²) in [4.78, 5) is 16.8. The quantitative estimate of drug-likeness (QED) is 0.852. The van der Waals surface area contributed by atoms with Gasteiger partial charge in [0.2, 0.25) is 5.91 Å². The minimum atomic E-state index is -0.252. The van der Waals surface area contributed by atoms with Gasteiger partial charge in [0.25, 0.3) is 0 Å². The molecule has 0 fully saturated rings. The SMILES string of the molecule is CC[C@H](NC[C@H]1CCCn2ccnc21)C(=O)Nc1cc(C)on1. The number of nitrogens with one attached hydrogen (secondary N) is 2. The number of hydrogen-bond acceptors (Lipinski definition) is 5. The normalized spacial score (nSPS) is 18.4. The lowest BCUT2D eigenvalue weighted by Gasteiger charge is -2.25. The first-order valence-corrected chi connectivity index (χ1v) is 8.16. The Labute approximate surface area is 135 Å². The molecule has 0 saturated heterocycles. The second kappa shape index (κ2) is 6.95. The molecule has 0 aromatic carbocycles. The van der Waals surface area contributed by atoms with Crippen molar-refractivity contribution in [2.45, 2.75) is 51.6 Å². The van der Waals surface area contributed by atoms with Crippen LogP contribution in [0.25, 0.3) is 0 Å². The van der Waals surface area contributed by atoms with Crippen LogP contribution in [0, 0.1) is 6.92 Å². The van der Waals surface area contributed by atoms with Crippen LogP contribution in [0.15, 0.2) is 23.0 Å². The average molecular weight is 317 g/mol. The maximum Gasteiger partial charge on any atom is 0.242 e. The fourth-order valence-electron chi connectivity index (χ4n) is 3.05. The monoisotopic (exact) mass is 317 g/mol. The topological polar surface area (TPSA) is 85.0 Å². The van der Waals surface area contributed by atoms with Gasteiger partial charge >= 0.3 is 0 Å². The maximum absolute atomic E-state index is 12.3. The minimum absolute atomic E-state index is 0.0834. The van der Waals surface area contributed by atoms with E-state index in [2.05, 4.69) is 25.3 Å². The number of nitrogens with zero attached hydrogens (tertiary/aromatic N) is 3. The van der Waals surface area contributed by atoms with Gasteiger partial charge in [0.15, 0.2) is 5.82 Å². The van der Waals surface area contributed by atoms with E-state index in [1.807, 2.05) is 19.3 Å². The summed E-state index contributed by atoms with van der Waals surface area (Å²) in [5, 5.41) is 9.96. The predicted octanol–water partition coefficient (Wildman–Crippen LogP) is 2.06. The summed E-state index contributed by atoms with van der Waals surface area (Å²) in [5.41, 5.74) is 0. The number of aryl methyl sites for hydroxylation is 2. The molecule has 1 amide bonds. The van der Waals surface area contributed by atoms with Crippen LogP contribution in [0.4, 0.5) is 5.82 Å². The van der Waals surface area contributed by atoms with Gasteiger partial charge in [0.1, 0.15) is 11.6 Å². The van der Waals surface area contributed by atoms with Crippen molar-refractivity contribution < 1.29 is 9.32 Å². The summed E-state index contributed by atoms with van der Waals surface area (Å²) in [6.45, 7) is 5.58. The summed E-state index contributed by atoms with van der Waals surface area (Å²) in [6, 6.07) is 1.46. The molecule has 2 N–H and O–H groups in total. The Morgan fingerprint density at radius 1 is 1.57 bits per heavy atom. The molecule has 0 radical (unpaired) electrons. The molecule has 1 aliphatic rings. The molecule has 3 heterocycles. The van der Waals surface area contributed by atoms with Gasteiger partial charge < -0.3 is 19.7 Å². The number of carbonyl (C=O) groups excluding carboxylic acids is 1. The van der Waals surface area contributed by atoms with E-state index in [1.165, 1.54) is 0 Å². The van der Waals surface area contributed by atoms with Gasteiger partial charge in [-0.3, -0.25) is 4.79 Å². The lowest BCUT2D eigenvalue weighted by Crippen LogP contribution is -2.42. The molecular formula is C16H23N5O2. The second-order valence-corrected chi connectivity index (χ2v) is 6.00. The summed E-state index contributed by atoms with van der Waals surface area (Å²) in [7, 11) is 0. The zero-order chi connectivity index (χ0) is 16.2. The van der Waals surface area contributed by atoms with Gasteiger partial charge in [-0.25, -0.2) is 4.98 Å². The van der Waals surface area contributed by atoms with E-state index >= 15 is 0 Å². The van der Waals surface area contributed by atoms with Gasteiger partial charge in [0.05, 0.1) is 6.04 Å². The predicted molar refractivity (Wildman–Crippen MR) is 86.2 cm³/mol. The summed E-state index contributed by atoms with van der Waals surface area (Å²) in [5.74, 6) is 2.53. The third kappa shape index (κ3) is 3.61. The number of rotatable bonds is 6. The first-order chi connectivity index (χ1) is 11.2. The second-order valence-electron chi connectivity index (χ2n) is 6.00. The highest BCUT2D eigenvalue weighted by Crippen LogP contribution is 2.25. The van der Waals surface area contributed by atoms with Crippen molar-refractivity contribution in [2.24, 2.45) is 0 Å². The minimum Gasteiger partial charge on any atom is -0.360 e. The molecule has 124 valence electrons. The average Bonchev–Trinajstić information content (AvgIpc) is 3.17. The zero-order valence-electron chi connectivity index (χ0n) is 13.6. The highest BCUT2D eigenvalue weighted by molar-refractivity contribution is 5.93. The molecule has 0 bridgehead atoms. The highest BCUT2D eigenvalue weighted by atomic mass is 16.5. The molecular weight excluding hydrogens is 294 g/mol. The number of carbonyl (C=O) groups is 1. The Hall–Kier alpha value is -2.15. The third-order valence-electron chi connectivity index (χ3n) is 4.28. The first kappa shape index (κ1) is 15.7. The lowest BCUT2D eigenvalue weighted by atomic mass is 9.98. The number of amides is 1. The molecule has 2 aromatic rings. The Kier molecular flexibility index (Phi) is 4.76. The third-order valence-corrected chi connectivity index (χ3v) is 4.28. The van der Waals surface area contributed by atoms with E-state index in [1.54, 1.807) is 13.0 Å². The van der Waals surface area contributed by atoms with Gasteiger partial charge in [0, 0.05) is 37.5 Å². The largest absolute Gasteiger partial charge is 0.360 e. The van der Waals surface area contributed by atoms with Gasteiger partial charge in [-0.05, 0) is 26.2 Å². The van der Waals surface area contributed by atoms with Crippen molar-refractivity contribution in [1.29, 1.82) is 0 Å². The number of imidazole rings is 1. The fraction of sp³-hybridized carbons (Fsp3) is 0.562. The van der Waals surface area contributed by atoms with Crippen LogP contribution in [-0.4, -0.2) is 33.2 Å². The fourth-order valence-corrected chi connectivity index (χ4v) is 3.05. The Morgan fingerprint density at radius 3 is 3.17 bits per heavy atom. The number of anilines is 1. The molecule has 3 rings (SSSR count). The van der Waals surface area contributed by atoms with E-state index in [0.717, 1.165) is 31.8 Å². The summed E-state index contributed by atoms with van der Waals surface area (Å²) in [6.07, 6.45) is 6.84. The van der Waals surface area contributed by atoms with Gasteiger partial charge in [-0.15, -0.1) is 0 Å². The van der Waals surface area contributed by atoms with Crippen LogP contribution in [0.5, 0.6) is 0 Å². The Balaban J connectivity index is 1.57. The Morgan fingerprint density at radius 2 is 2.43 bits per heavy atom. The molecule has 2 aromatic heterocycles. The van der Waals surface area contributed by atoms with Crippen molar-refractivity contribution >= 4 is 11.7 Å². The first-order valence-electron chi connectivity index (χ1n) is 8.16. The van der Waals surface area contributed by atoms with Crippen LogP contribution in [0.3, 0.4) is 0 Å². The van der Waals surface area contributed by atoms with E-state index < -0.39 is 0 Å².